The van der Waals surface area contributed by atoms with Crippen molar-refractivity contribution in [2.45, 2.75) is 38.2 Å². The minimum atomic E-state index is -0.657. The van der Waals surface area contributed by atoms with Crippen LogP contribution in [0.4, 0.5) is 0 Å². The Kier molecular flexibility index (Phi) is 3.01. The van der Waals surface area contributed by atoms with Crippen molar-refractivity contribution in [3.63, 3.8) is 0 Å². The van der Waals surface area contributed by atoms with Crippen LogP contribution < -0.4 is 0 Å². The zero-order valence-electron chi connectivity index (χ0n) is 9.61. The number of rotatable bonds is 2. The number of benzene rings is 1. The van der Waals surface area contributed by atoms with E-state index in [0.29, 0.717) is 0 Å². The van der Waals surface area contributed by atoms with Gasteiger partial charge < -0.3 is 10.2 Å². The predicted molar refractivity (Wildman–Crippen MR) is 65.3 cm³/mol. The fraction of sp³-hybridized carbons (Fsp3) is 0.429. The minimum Gasteiger partial charge on any atom is -0.507 e. The van der Waals surface area contributed by atoms with Crippen LogP contribution in [-0.2, 0) is 0 Å². The summed E-state index contributed by atoms with van der Waals surface area (Å²) in [6, 6.07) is 5.48. The highest BCUT2D eigenvalue weighted by atomic mass is 16.3. The summed E-state index contributed by atoms with van der Waals surface area (Å²) >= 11 is 0. The van der Waals surface area contributed by atoms with Crippen molar-refractivity contribution in [2.75, 3.05) is 0 Å². The molecule has 0 aromatic heterocycles. The molecule has 0 amide bonds. The summed E-state index contributed by atoms with van der Waals surface area (Å²) in [4.78, 5) is 0. The molecule has 2 rings (SSSR count). The molecule has 1 aliphatic rings. The highest BCUT2D eigenvalue weighted by Crippen LogP contribution is 2.32. The van der Waals surface area contributed by atoms with Gasteiger partial charge in [-0.25, -0.2) is 0 Å². The van der Waals surface area contributed by atoms with E-state index >= 15 is 0 Å². The molecule has 16 heavy (non-hydrogen) atoms. The maximum absolute atomic E-state index is 10.1. The second kappa shape index (κ2) is 4.30. The van der Waals surface area contributed by atoms with E-state index in [9.17, 15) is 10.2 Å². The second-order valence-corrected chi connectivity index (χ2v) is 4.71. The summed E-state index contributed by atoms with van der Waals surface area (Å²) < 4.78 is 0. The van der Waals surface area contributed by atoms with Crippen molar-refractivity contribution in [1.29, 1.82) is 0 Å². The zero-order chi connectivity index (χ0) is 11.6. The van der Waals surface area contributed by atoms with Gasteiger partial charge in [0, 0.05) is 5.56 Å². The third kappa shape index (κ3) is 2.45. The van der Waals surface area contributed by atoms with Crippen LogP contribution in [-0.4, -0.2) is 15.8 Å². The predicted octanol–water partition coefficient (Wildman–Crippen LogP) is 3.02. The van der Waals surface area contributed by atoms with Crippen molar-refractivity contribution in [2.24, 2.45) is 0 Å². The summed E-state index contributed by atoms with van der Waals surface area (Å²) in [6.07, 6.45) is 7.48. The Morgan fingerprint density at radius 1 is 1.25 bits per heavy atom. The quantitative estimate of drug-likeness (QED) is 0.801. The van der Waals surface area contributed by atoms with Gasteiger partial charge in [0.2, 0.25) is 0 Å². The minimum absolute atomic E-state index is 0.267. The van der Waals surface area contributed by atoms with E-state index < -0.39 is 5.60 Å². The summed E-state index contributed by atoms with van der Waals surface area (Å²) in [5.41, 5.74) is 1.23. The van der Waals surface area contributed by atoms with Crippen LogP contribution in [0.2, 0.25) is 0 Å². The molecule has 1 fully saturated rings. The third-order valence-corrected chi connectivity index (χ3v) is 3.23. The van der Waals surface area contributed by atoms with Gasteiger partial charge in [-0.3, -0.25) is 0 Å². The standard InChI is InChI=1S/C14H18O2/c1-11-4-5-13(15)12(10-11)6-9-14(16)7-2-3-8-14/h4-6,9-10,15-16H,2-3,7-8H2,1H3/b9-6-. The van der Waals surface area contributed by atoms with E-state index in [0.717, 1.165) is 36.8 Å². The number of aromatic hydroxyl groups is 1. The molecular formula is C14H18O2. The fourth-order valence-corrected chi connectivity index (χ4v) is 2.21. The van der Waals surface area contributed by atoms with E-state index in [2.05, 4.69) is 0 Å². The topological polar surface area (TPSA) is 40.5 Å². The van der Waals surface area contributed by atoms with Gasteiger partial charge in [0.15, 0.2) is 0 Å². The fourth-order valence-electron chi connectivity index (χ4n) is 2.21. The van der Waals surface area contributed by atoms with Gasteiger partial charge in [0.1, 0.15) is 5.75 Å². The molecule has 0 saturated heterocycles. The highest BCUT2D eigenvalue weighted by Gasteiger charge is 2.27. The average Bonchev–Trinajstić information content (AvgIpc) is 2.67. The maximum atomic E-state index is 10.1. The first kappa shape index (κ1) is 11.2. The van der Waals surface area contributed by atoms with Gasteiger partial charge in [0.05, 0.1) is 5.60 Å². The molecule has 0 heterocycles. The van der Waals surface area contributed by atoms with Gasteiger partial charge in [-0.1, -0.05) is 36.6 Å². The normalized spacial score (nSPS) is 19.4. The van der Waals surface area contributed by atoms with Crippen LogP contribution in [0.15, 0.2) is 24.3 Å². The Morgan fingerprint density at radius 3 is 2.62 bits per heavy atom. The molecule has 1 saturated carbocycles. The first-order valence-corrected chi connectivity index (χ1v) is 5.80. The molecule has 0 bridgehead atoms. The van der Waals surface area contributed by atoms with Crippen molar-refractivity contribution >= 4 is 6.08 Å². The van der Waals surface area contributed by atoms with Gasteiger partial charge in [-0.15, -0.1) is 0 Å². The van der Waals surface area contributed by atoms with Crippen LogP contribution >= 0.6 is 0 Å². The lowest BCUT2D eigenvalue weighted by Crippen LogP contribution is -2.19. The molecule has 1 aromatic rings. The highest BCUT2D eigenvalue weighted by molar-refractivity contribution is 5.58. The largest absolute Gasteiger partial charge is 0.507 e. The van der Waals surface area contributed by atoms with Crippen LogP contribution in [0.1, 0.15) is 36.8 Å². The first-order valence-electron chi connectivity index (χ1n) is 5.80. The van der Waals surface area contributed by atoms with Crippen molar-refractivity contribution in [3.8, 4) is 5.75 Å². The SMILES string of the molecule is Cc1ccc(O)c(/C=C\C2(O)CCCC2)c1. The third-order valence-electron chi connectivity index (χ3n) is 3.23. The van der Waals surface area contributed by atoms with Gasteiger partial charge in [-0.2, -0.15) is 0 Å². The maximum Gasteiger partial charge on any atom is 0.122 e. The van der Waals surface area contributed by atoms with Gasteiger partial charge >= 0.3 is 0 Å². The Labute approximate surface area is 96.2 Å². The summed E-state index contributed by atoms with van der Waals surface area (Å²) in [7, 11) is 0. The Bertz CT molecular complexity index is 401. The lowest BCUT2D eigenvalue weighted by molar-refractivity contribution is 0.100. The Morgan fingerprint density at radius 2 is 1.94 bits per heavy atom. The number of aliphatic hydroxyl groups is 1. The molecule has 0 aliphatic heterocycles. The van der Waals surface area contributed by atoms with Gasteiger partial charge in [-0.05, 0) is 31.9 Å². The monoisotopic (exact) mass is 218 g/mol. The lowest BCUT2D eigenvalue weighted by atomic mass is 10.00. The van der Waals surface area contributed by atoms with Gasteiger partial charge in [0.25, 0.3) is 0 Å². The number of phenolic OH excluding ortho intramolecular Hbond substituents is 1. The van der Waals surface area contributed by atoms with Crippen molar-refractivity contribution in [3.05, 3.63) is 35.4 Å². The van der Waals surface area contributed by atoms with Crippen molar-refractivity contribution < 1.29 is 10.2 Å². The Hall–Kier alpha value is -1.28. The molecule has 2 heteroatoms. The molecule has 0 atom stereocenters. The van der Waals surface area contributed by atoms with E-state index in [1.54, 1.807) is 6.07 Å². The molecule has 2 nitrogen and oxygen atoms in total. The number of phenols is 1. The molecule has 2 N–H and O–H groups in total. The van der Waals surface area contributed by atoms with E-state index in [-0.39, 0.29) is 5.75 Å². The smallest absolute Gasteiger partial charge is 0.122 e. The number of hydrogen-bond acceptors (Lipinski definition) is 2. The molecule has 1 aromatic carbocycles. The van der Waals surface area contributed by atoms with E-state index in [1.165, 1.54) is 0 Å². The van der Waals surface area contributed by atoms with E-state index in [4.69, 9.17) is 0 Å². The molecule has 0 unspecified atom stereocenters. The summed E-state index contributed by atoms with van der Waals surface area (Å²) in [5.74, 6) is 0.267. The van der Waals surface area contributed by atoms with Crippen molar-refractivity contribution in [1.82, 2.24) is 0 Å². The number of hydrogen-bond donors (Lipinski definition) is 2. The zero-order valence-corrected chi connectivity index (χ0v) is 9.61. The Balaban J connectivity index is 2.19. The van der Waals surface area contributed by atoms with E-state index in [1.807, 2.05) is 31.2 Å². The summed E-state index contributed by atoms with van der Waals surface area (Å²) in [6.45, 7) is 1.99. The summed E-state index contributed by atoms with van der Waals surface area (Å²) in [5, 5.41) is 19.8. The number of aryl methyl sites for hydroxylation is 1. The molecule has 1 aliphatic carbocycles. The second-order valence-electron chi connectivity index (χ2n) is 4.71. The van der Waals surface area contributed by atoms with Crippen LogP contribution in [0.5, 0.6) is 5.75 Å². The molecule has 0 radical (unpaired) electrons. The lowest BCUT2D eigenvalue weighted by Gasteiger charge is -2.16. The first-order chi connectivity index (χ1) is 7.59. The average molecular weight is 218 g/mol. The van der Waals surface area contributed by atoms with Crippen LogP contribution in [0.3, 0.4) is 0 Å². The van der Waals surface area contributed by atoms with Crippen LogP contribution in [0.25, 0.3) is 6.08 Å². The molecular weight excluding hydrogens is 200 g/mol. The molecule has 86 valence electrons. The van der Waals surface area contributed by atoms with Crippen LogP contribution in [0, 0.1) is 6.92 Å². The molecule has 0 spiro atoms.